The van der Waals surface area contributed by atoms with E-state index in [0.717, 1.165) is 0 Å². The Labute approximate surface area is 154 Å². The number of hydrogen-bond donors (Lipinski definition) is 2. The van der Waals surface area contributed by atoms with Gasteiger partial charge in [-0.2, -0.15) is 5.10 Å². The summed E-state index contributed by atoms with van der Waals surface area (Å²) in [6.07, 6.45) is 4.82. The fourth-order valence-electron chi connectivity index (χ4n) is 2.19. The minimum Gasteiger partial charge on any atom is -0.348 e. The zero-order chi connectivity index (χ0) is 18.7. The molecule has 0 aliphatic heterocycles. The van der Waals surface area contributed by atoms with Crippen LogP contribution in [0, 0.1) is 0 Å². The number of nitrogens with two attached hydrogens (primary N) is 1. The molecule has 3 N–H and O–H groups in total. The van der Waals surface area contributed by atoms with Crippen molar-refractivity contribution in [1.82, 2.24) is 20.1 Å². The third-order valence-corrected chi connectivity index (χ3v) is 4.80. The van der Waals surface area contributed by atoms with Gasteiger partial charge >= 0.3 is 0 Å². The minimum absolute atomic E-state index is 0.0870. The summed E-state index contributed by atoms with van der Waals surface area (Å²) in [5.41, 5.74) is 0.937. The molecule has 3 rings (SSSR count). The lowest BCUT2D eigenvalue weighted by atomic mass is 10.2. The van der Waals surface area contributed by atoms with E-state index in [4.69, 9.17) is 16.7 Å². The molecule has 134 valence electrons. The Bertz CT molecular complexity index is 1030. The monoisotopic (exact) mass is 391 g/mol. The summed E-state index contributed by atoms with van der Waals surface area (Å²) in [6.45, 7) is 0.128. The molecule has 26 heavy (non-hydrogen) atoms. The second kappa shape index (κ2) is 7.24. The van der Waals surface area contributed by atoms with Crippen LogP contribution in [0.4, 0.5) is 0 Å². The average molecular weight is 392 g/mol. The van der Waals surface area contributed by atoms with E-state index in [2.05, 4.69) is 15.4 Å². The molecule has 0 atom stereocenters. The minimum atomic E-state index is -3.83. The van der Waals surface area contributed by atoms with Gasteiger partial charge in [0, 0.05) is 30.2 Å². The van der Waals surface area contributed by atoms with E-state index >= 15 is 0 Å². The normalized spacial score (nSPS) is 11.3. The molecule has 0 unspecified atom stereocenters. The zero-order valence-corrected chi connectivity index (χ0v) is 14.9. The predicted molar refractivity (Wildman–Crippen MR) is 95.4 cm³/mol. The predicted octanol–water partition coefficient (Wildman–Crippen LogP) is 1.50. The van der Waals surface area contributed by atoms with Gasteiger partial charge in [-0.15, -0.1) is 0 Å². The maximum atomic E-state index is 12.2. The van der Waals surface area contributed by atoms with Gasteiger partial charge in [0.2, 0.25) is 10.0 Å². The van der Waals surface area contributed by atoms with Crippen molar-refractivity contribution < 1.29 is 13.2 Å². The molecular formula is C16H14ClN5O3S. The van der Waals surface area contributed by atoms with Crippen molar-refractivity contribution in [3.63, 3.8) is 0 Å². The highest BCUT2D eigenvalue weighted by Crippen LogP contribution is 2.20. The smallest absolute Gasteiger partial charge is 0.253 e. The first kappa shape index (κ1) is 18.1. The summed E-state index contributed by atoms with van der Waals surface area (Å²) in [6, 6.07) is 9.16. The van der Waals surface area contributed by atoms with E-state index in [1.54, 1.807) is 35.3 Å². The van der Waals surface area contributed by atoms with Crippen molar-refractivity contribution in [2.24, 2.45) is 5.14 Å². The first-order valence-electron chi connectivity index (χ1n) is 7.40. The highest BCUT2D eigenvalue weighted by Gasteiger charge is 2.12. The molecule has 0 radical (unpaired) electrons. The Balaban J connectivity index is 1.67. The highest BCUT2D eigenvalue weighted by molar-refractivity contribution is 7.89. The van der Waals surface area contributed by atoms with E-state index in [9.17, 15) is 13.2 Å². The molecular weight excluding hydrogens is 378 g/mol. The van der Waals surface area contributed by atoms with Crippen LogP contribution in [0.2, 0.25) is 5.02 Å². The van der Waals surface area contributed by atoms with Crippen molar-refractivity contribution >= 4 is 27.5 Å². The van der Waals surface area contributed by atoms with Crippen molar-refractivity contribution in [1.29, 1.82) is 0 Å². The molecule has 0 saturated heterocycles. The molecule has 0 fully saturated rings. The summed E-state index contributed by atoms with van der Waals surface area (Å²) < 4.78 is 24.2. The summed E-state index contributed by atoms with van der Waals surface area (Å²) in [7, 11) is -3.83. The molecule has 2 aromatic heterocycles. The largest absolute Gasteiger partial charge is 0.348 e. The number of nitrogens with one attached hydrogen (secondary N) is 1. The summed E-state index contributed by atoms with van der Waals surface area (Å²) in [5.74, 6) is 0.254. The number of benzene rings is 1. The number of primary sulfonamides is 1. The number of rotatable bonds is 5. The van der Waals surface area contributed by atoms with E-state index in [1.165, 1.54) is 24.4 Å². The topological polar surface area (TPSA) is 120 Å². The molecule has 0 aliphatic carbocycles. The number of aromatic nitrogens is 3. The Morgan fingerprint density at radius 1 is 1.27 bits per heavy atom. The zero-order valence-electron chi connectivity index (χ0n) is 13.3. The van der Waals surface area contributed by atoms with Gasteiger partial charge in [0.1, 0.15) is 0 Å². The van der Waals surface area contributed by atoms with Crippen LogP contribution in [-0.2, 0) is 16.6 Å². The third-order valence-electron chi connectivity index (χ3n) is 3.54. The van der Waals surface area contributed by atoms with Gasteiger partial charge in [-0.1, -0.05) is 17.7 Å². The first-order valence-corrected chi connectivity index (χ1v) is 9.32. The number of hydrogen-bond acceptors (Lipinski definition) is 5. The number of sulfonamides is 1. The van der Waals surface area contributed by atoms with E-state index < -0.39 is 10.0 Å². The van der Waals surface area contributed by atoms with Crippen LogP contribution in [0.15, 0.2) is 59.9 Å². The number of amides is 1. The Morgan fingerprint density at radius 3 is 2.65 bits per heavy atom. The molecule has 1 aromatic carbocycles. The van der Waals surface area contributed by atoms with Gasteiger partial charge in [0.25, 0.3) is 5.91 Å². The Kier molecular flexibility index (Phi) is 5.03. The van der Waals surface area contributed by atoms with Crippen LogP contribution >= 0.6 is 11.6 Å². The van der Waals surface area contributed by atoms with Crippen LogP contribution in [0.3, 0.4) is 0 Å². The number of pyridine rings is 1. The number of carbonyl (C=O) groups is 1. The number of nitrogens with zero attached hydrogens (tertiary/aromatic N) is 3. The lowest BCUT2D eigenvalue weighted by Gasteiger charge is -2.09. The first-order chi connectivity index (χ1) is 12.3. The van der Waals surface area contributed by atoms with Crippen LogP contribution in [0.5, 0.6) is 0 Å². The molecule has 8 nitrogen and oxygen atoms in total. The molecule has 0 bridgehead atoms. The van der Waals surface area contributed by atoms with Crippen LogP contribution in [-0.4, -0.2) is 29.1 Å². The maximum Gasteiger partial charge on any atom is 0.253 e. The van der Waals surface area contributed by atoms with E-state index in [-0.39, 0.29) is 22.4 Å². The van der Waals surface area contributed by atoms with Gasteiger partial charge in [-0.25, -0.2) is 23.2 Å². The quantitative estimate of drug-likeness (QED) is 0.682. The number of halogens is 1. The van der Waals surface area contributed by atoms with Crippen molar-refractivity contribution in [3.05, 3.63) is 71.1 Å². The van der Waals surface area contributed by atoms with Gasteiger partial charge < -0.3 is 5.32 Å². The van der Waals surface area contributed by atoms with E-state index in [0.29, 0.717) is 16.9 Å². The molecule has 0 spiro atoms. The maximum absolute atomic E-state index is 12.2. The SMILES string of the molecule is NS(=O)(=O)c1ccc(CNC(=O)c2ccc(-n3cccn3)nc2)c(Cl)c1. The van der Waals surface area contributed by atoms with Gasteiger partial charge in [0.15, 0.2) is 5.82 Å². The van der Waals surface area contributed by atoms with Crippen LogP contribution in [0.1, 0.15) is 15.9 Å². The van der Waals surface area contributed by atoms with Crippen molar-refractivity contribution in [2.75, 3.05) is 0 Å². The van der Waals surface area contributed by atoms with Gasteiger partial charge in [0.05, 0.1) is 10.5 Å². The Morgan fingerprint density at radius 2 is 2.08 bits per heavy atom. The van der Waals surface area contributed by atoms with Crippen molar-refractivity contribution in [3.8, 4) is 5.82 Å². The molecule has 0 aliphatic rings. The lowest BCUT2D eigenvalue weighted by molar-refractivity contribution is 0.0950. The van der Waals surface area contributed by atoms with Gasteiger partial charge in [-0.05, 0) is 35.9 Å². The standard InChI is InChI=1S/C16H14ClN5O3S/c17-14-8-13(26(18,24)25)4-2-11(14)9-20-16(23)12-3-5-15(19-10-12)22-7-1-6-21-22/h1-8,10H,9H2,(H,20,23)(H2,18,24,25). The summed E-state index contributed by atoms with van der Waals surface area (Å²) in [5, 5.41) is 12.0. The molecule has 2 heterocycles. The number of carbonyl (C=O) groups excluding carboxylic acids is 1. The molecule has 1 amide bonds. The van der Waals surface area contributed by atoms with Gasteiger partial charge in [-0.3, -0.25) is 4.79 Å². The molecule has 10 heteroatoms. The fraction of sp³-hybridized carbons (Fsp3) is 0.0625. The summed E-state index contributed by atoms with van der Waals surface area (Å²) >= 11 is 6.05. The van der Waals surface area contributed by atoms with Crippen molar-refractivity contribution in [2.45, 2.75) is 11.4 Å². The Hall–Kier alpha value is -2.75. The van der Waals surface area contributed by atoms with Crippen LogP contribution in [0.25, 0.3) is 5.82 Å². The summed E-state index contributed by atoms with van der Waals surface area (Å²) in [4.78, 5) is 16.3. The third kappa shape index (κ3) is 4.07. The molecule has 0 saturated carbocycles. The highest BCUT2D eigenvalue weighted by atomic mass is 35.5. The second-order valence-corrected chi connectivity index (χ2v) is 7.31. The second-order valence-electron chi connectivity index (χ2n) is 5.34. The van der Waals surface area contributed by atoms with E-state index in [1.807, 2.05) is 0 Å². The molecule has 3 aromatic rings. The lowest BCUT2D eigenvalue weighted by Crippen LogP contribution is -2.23. The average Bonchev–Trinajstić information content (AvgIpc) is 3.14. The van der Waals surface area contributed by atoms with Crippen LogP contribution < -0.4 is 10.5 Å². The fourth-order valence-corrected chi connectivity index (χ4v) is 3.04.